The second-order valence-electron chi connectivity index (χ2n) is 6.88. The van der Waals surface area contributed by atoms with Crippen molar-refractivity contribution < 1.29 is 9.59 Å². The third-order valence-electron chi connectivity index (χ3n) is 4.95. The number of carbonyl (C=O) groups is 2. The molecular formula is C18H26O2. The Morgan fingerprint density at radius 1 is 1.30 bits per heavy atom. The van der Waals surface area contributed by atoms with Gasteiger partial charge in [0.2, 0.25) is 0 Å². The molecule has 1 saturated carbocycles. The van der Waals surface area contributed by atoms with Crippen LogP contribution in [0.4, 0.5) is 0 Å². The number of ketones is 2. The maximum absolute atomic E-state index is 12.4. The van der Waals surface area contributed by atoms with Crippen LogP contribution in [0.3, 0.4) is 0 Å². The molecule has 2 rings (SSSR count). The Balaban J connectivity index is 2.02. The monoisotopic (exact) mass is 274 g/mol. The van der Waals surface area contributed by atoms with E-state index in [4.69, 9.17) is 0 Å². The van der Waals surface area contributed by atoms with Crippen molar-refractivity contribution in [3.05, 3.63) is 24.3 Å². The summed E-state index contributed by atoms with van der Waals surface area (Å²) in [5.74, 6) is 1.96. The molecular weight excluding hydrogens is 248 g/mol. The molecule has 0 bridgehead atoms. The van der Waals surface area contributed by atoms with Crippen molar-refractivity contribution in [2.75, 3.05) is 0 Å². The van der Waals surface area contributed by atoms with Gasteiger partial charge in [-0.25, -0.2) is 0 Å². The van der Waals surface area contributed by atoms with Crippen LogP contribution in [-0.2, 0) is 9.59 Å². The van der Waals surface area contributed by atoms with Gasteiger partial charge in [-0.1, -0.05) is 45.4 Å². The average molecular weight is 274 g/mol. The second kappa shape index (κ2) is 6.51. The normalized spacial score (nSPS) is 33.7. The Labute approximate surface area is 122 Å². The summed E-state index contributed by atoms with van der Waals surface area (Å²) < 4.78 is 0. The first-order chi connectivity index (χ1) is 9.49. The topological polar surface area (TPSA) is 34.1 Å². The summed E-state index contributed by atoms with van der Waals surface area (Å²) in [5, 5.41) is 0. The van der Waals surface area contributed by atoms with E-state index in [2.05, 4.69) is 20.8 Å². The van der Waals surface area contributed by atoms with Gasteiger partial charge in [0.05, 0.1) is 5.92 Å². The largest absolute Gasteiger partial charge is 0.299 e. The molecule has 0 aromatic rings. The SMILES string of the molecule is CC1CCC(C(C)C)C(CC(=O)C2C=CC=CC2=O)C1. The van der Waals surface area contributed by atoms with E-state index in [1.807, 2.05) is 6.08 Å². The first-order valence-corrected chi connectivity index (χ1v) is 7.90. The molecule has 2 aliphatic rings. The van der Waals surface area contributed by atoms with Gasteiger partial charge >= 0.3 is 0 Å². The van der Waals surface area contributed by atoms with Gasteiger partial charge in [-0.2, -0.15) is 0 Å². The molecule has 0 N–H and O–H groups in total. The summed E-state index contributed by atoms with van der Waals surface area (Å²) in [6, 6.07) is 0. The van der Waals surface area contributed by atoms with Crippen LogP contribution >= 0.6 is 0 Å². The highest BCUT2D eigenvalue weighted by Gasteiger charge is 2.34. The Morgan fingerprint density at radius 3 is 2.70 bits per heavy atom. The highest BCUT2D eigenvalue weighted by Crippen LogP contribution is 2.40. The van der Waals surface area contributed by atoms with Gasteiger partial charge in [-0.15, -0.1) is 0 Å². The molecule has 2 heteroatoms. The van der Waals surface area contributed by atoms with Crippen LogP contribution in [0, 0.1) is 29.6 Å². The molecule has 0 aromatic carbocycles. The van der Waals surface area contributed by atoms with Crippen LogP contribution in [0.1, 0.15) is 46.5 Å². The van der Waals surface area contributed by atoms with E-state index in [0.717, 1.165) is 6.42 Å². The zero-order valence-corrected chi connectivity index (χ0v) is 12.8. The third-order valence-corrected chi connectivity index (χ3v) is 4.95. The van der Waals surface area contributed by atoms with Gasteiger partial charge in [0, 0.05) is 6.42 Å². The number of allylic oxidation sites excluding steroid dienone is 4. The summed E-state index contributed by atoms with van der Waals surface area (Å²) in [5.41, 5.74) is 0. The summed E-state index contributed by atoms with van der Waals surface area (Å²) in [6.07, 6.45) is 11.0. The van der Waals surface area contributed by atoms with Crippen molar-refractivity contribution in [3.8, 4) is 0 Å². The quantitative estimate of drug-likeness (QED) is 0.727. The lowest BCUT2D eigenvalue weighted by Crippen LogP contribution is -2.32. The van der Waals surface area contributed by atoms with Gasteiger partial charge < -0.3 is 0 Å². The molecule has 0 spiro atoms. The highest BCUT2D eigenvalue weighted by molar-refractivity contribution is 6.10. The van der Waals surface area contributed by atoms with Gasteiger partial charge in [-0.3, -0.25) is 9.59 Å². The number of hydrogen-bond donors (Lipinski definition) is 0. The van der Waals surface area contributed by atoms with E-state index in [9.17, 15) is 9.59 Å². The highest BCUT2D eigenvalue weighted by atomic mass is 16.1. The van der Waals surface area contributed by atoms with Crippen molar-refractivity contribution in [2.45, 2.75) is 46.5 Å². The number of hydrogen-bond acceptors (Lipinski definition) is 2. The van der Waals surface area contributed by atoms with Gasteiger partial charge in [-0.05, 0) is 42.6 Å². The minimum atomic E-state index is -0.523. The molecule has 0 saturated heterocycles. The Morgan fingerprint density at radius 2 is 2.05 bits per heavy atom. The second-order valence-corrected chi connectivity index (χ2v) is 6.88. The molecule has 4 unspecified atom stereocenters. The lowest BCUT2D eigenvalue weighted by atomic mass is 9.68. The number of rotatable bonds is 4. The molecule has 4 atom stereocenters. The standard InChI is InChI=1S/C18H26O2/c1-12(2)15-9-8-13(3)10-14(15)11-18(20)16-6-4-5-7-17(16)19/h4-7,12-16H,8-11H2,1-3H3. The van der Waals surface area contributed by atoms with Crippen LogP contribution in [-0.4, -0.2) is 11.6 Å². The molecule has 0 aromatic heterocycles. The minimum Gasteiger partial charge on any atom is -0.299 e. The predicted octanol–water partition coefficient (Wildman–Crippen LogP) is 3.97. The van der Waals surface area contributed by atoms with E-state index in [-0.39, 0.29) is 11.6 Å². The number of carbonyl (C=O) groups excluding carboxylic acids is 2. The van der Waals surface area contributed by atoms with E-state index in [0.29, 0.717) is 30.1 Å². The Hall–Kier alpha value is -1.18. The Kier molecular flexibility index (Phi) is 4.95. The van der Waals surface area contributed by atoms with Gasteiger partial charge in [0.25, 0.3) is 0 Å². The van der Waals surface area contributed by atoms with Crippen LogP contribution < -0.4 is 0 Å². The fraction of sp³-hybridized carbons (Fsp3) is 0.667. The van der Waals surface area contributed by atoms with E-state index in [1.54, 1.807) is 12.2 Å². The minimum absolute atomic E-state index is 0.0533. The first-order valence-electron chi connectivity index (χ1n) is 7.90. The maximum atomic E-state index is 12.4. The third kappa shape index (κ3) is 3.47. The van der Waals surface area contributed by atoms with Crippen molar-refractivity contribution in [3.63, 3.8) is 0 Å². The average Bonchev–Trinajstić information content (AvgIpc) is 2.38. The van der Waals surface area contributed by atoms with Gasteiger partial charge in [0.1, 0.15) is 5.78 Å². The predicted molar refractivity (Wildman–Crippen MR) is 81.2 cm³/mol. The zero-order valence-electron chi connectivity index (χ0n) is 12.8. The van der Waals surface area contributed by atoms with Crippen molar-refractivity contribution in [2.24, 2.45) is 29.6 Å². The molecule has 20 heavy (non-hydrogen) atoms. The lowest BCUT2D eigenvalue weighted by Gasteiger charge is -2.37. The molecule has 1 fully saturated rings. The Bertz CT molecular complexity index is 431. The van der Waals surface area contributed by atoms with Crippen LogP contribution in [0.15, 0.2) is 24.3 Å². The van der Waals surface area contributed by atoms with Crippen molar-refractivity contribution >= 4 is 11.6 Å². The maximum Gasteiger partial charge on any atom is 0.169 e. The van der Waals surface area contributed by atoms with Crippen molar-refractivity contribution in [1.29, 1.82) is 0 Å². The fourth-order valence-corrected chi connectivity index (χ4v) is 3.81. The molecule has 0 amide bonds. The molecule has 2 aliphatic carbocycles. The molecule has 0 aliphatic heterocycles. The van der Waals surface area contributed by atoms with Crippen LogP contribution in [0.2, 0.25) is 0 Å². The van der Waals surface area contributed by atoms with E-state index < -0.39 is 5.92 Å². The molecule has 110 valence electrons. The molecule has 0 heterocycles. The summed E-state index contributed by atoms with van der Waals surface area (Å²) >= 11 is 0. The van der Waals surface area contributed by atoms with Crippen molar-refractivity contribution in [1.82, 2.24) is 0 Å². The molecule has 0 radical (unpaired) electrons. The summed E-state index contributed by atoms with van der Waals surface area (Å²) in [6.45, 7) is 6.79. The number of Topliss-reactive ketones (excluding diaryl/α,β-unsaturated/α-hetero) is 1. The van der Waals surface area contributed by atoms with E-state index >= 15 is 0 Å². The zero-order chi connectivity index (χ0) is 14.7. The summed E-state index contributed by atoms with van der Waals surface area (Å²) in [4.78, 5) is 24.2. The van der Waals surface area contributed by atoms with Crippen LogP contribution in [0.25, 0.3) is 0 Å². The molecule has 2 nitrogen and oxygen atoms in total. The van der Waals surface area contributed by atoms with E-state index in [1.165, 1.54) is 18.9 Å². The van der Waals surface area contributed by atoms with Gasteiger partial charge in [0.15, 0.2) is 5.78 Å². The van der Waals surface area contributed by atoms with Crippen LogP contribution in [0.5, 0.6) is 0 Å². The first kappa shape index (κ1) is 15.2. The fourth-order valence-electron chi connectivity index (χ4n) is 3.81. The lowest BCUT2D eigenvalue weighted by molar-refractivity contribution is -0.129. The smallest absolute Gasteiger partial charge is 0.169 e. The summed E-state index contributed by atoms with van der Waals surface area (Å²) in [7, 11) is 0.